The Hall–Kier alpha value is -1.78. The third-order valence-corrected chi connectivity index (χ3v) is 7.16. The van der Waals surface area contributed by atoms with Gasteiger partial charge in [-0.3, -0.25) is 19.4 Å². The van der Waals surface area contributed by atoms with Crippen LogP contribution in [0.2, 0.25) is 0 Å². The van der Waals surface area contributed by atoms with Gasteiger partial charge in [0.05, 0.1) is 13.2 Å². The Balaban J connectivity index is 1.17. The molecular weight excluding hydrogens is 404 g/mol. The number of morpholine rings is 1. The molecule has 3 saturated heterocycles. The molecule has 0 atom stereocenters. The largest absolute Gasteiger partial charge is 0.379 e. The zero-order valence-electron chi connectivity index (χ0n) is 17.6. The number of aromatic nitrogens is 2. The number of piperidine rings is 2. The molecule has 0 aliphatic carbocycles. The van der Waals surface area contributed by atoms with Gasteiger partial charge in [-0.05, 0) is 38.6 Å². The predicted molar refractivity (Wildman–Crippen MR) is 116 cm³/mol. The molecule has 30 heavy (non-hydrogen) atoms. The van der Waals surface area contributed by atoms with Crippen LogP contribution >= 0.6 is 11.3 Å². The summed E-state index contributed by atoms with van der Waals surface area (Å²) >= 11 is 1.48. The van der Waals surface area contributed by atoms with Crippen LogP contribution in [0.15, 0.2) is 0 Å². The number of carbonyl (C=O) groups excluding carboxylic acids is 2. The van der Waals surface area contributed by atoms with Crippen molar-refractivity contribution in [1.82, 2.24) is 20.4 Å². The van der Waals surface area contributed by atoms with E-state index >= 15 is 0 Å². The molecule has 4 heterocycles. The smallest absolute Gasteiger partial charge is 0.228 e. The van der Waals surface area contributed by atoms with Crippen LogP contribution < -0.4 is 15.1 Å². The average Bonchev–Trinajstić information content (AvgIpc) is 3.28. The van der Waals surface area contributed by atoms with Gasteiger partial charge in [-0.2, -0.15) is 0 Å². The summed E-state index contributed by atoms with van der Waals surface area (Å²) in [5.74, 6) is 0.391. The topological polar surface area (TPSA) is 90.9 Å². The van der Waals surface area contributed by atoms with Crippen molar-refractivity contribution in [2.45, 2.75) is 38.5 Å². The zero-order chi connectivity index (χ0) is 20.8. The number of nitrogens with zero attached hydrogens (tertiary/aromatic N) is 5. The van der Waals surface area contributed by atoms with Crippen LogP contribution in [0.3, 0.4) is 0 Å². The summed E-state index contributed by atoms with van der Waals surface area (Å²) < 4.78 is 5.36. The summed E-state index contributed by atoms with van der Waals surface area (Å²) in [6.07, 6.45) is 5.21. The lowest BCUT2D eigenvalue weighted by Crippen LogP contribution is -2.42. The molecule has 4 rings (SSSR count). The Kier molecular flexibility index (Phi) is 7.51. The highest BCUT2D eigenvalue weighted by molar-refractivity contribution is 7.19. The van der Waals surface area contributed by atoms with Gasteiger partial charge in [0.15, 0.2) is 0 Å². The molecule has 1 N–H and O–H groups in total. The third-order valence-electron chi connectivity index (χ3n) is 6.15. The average molecular weight is 437 g/mol. The van der Waals surface area contributed by atoms with Gasteiger partial charge in [0.2, 0.25) is 22.1 Å². The van der Waals surface area contributed by atoms with Crippen molar-refractivity contribution >= 4 is 33.4 Å². The van der Waals surface area contributed by atoms with Gasteiger partial charge in [0.1, 0.15) is 0 Å². The molecule has 1 aromatic rings. The fourth-order valence-electron chi connectivity index (χ4n) is 4.27. The molecule has 9 nitrogen and oxygen atoms in total. The number of nitrogens with one attached hydrogen (secondary N) is 1. The molecule has 0 saturated carbocycles. The third kappa shape index (κ3) is 5.47. The number of rotatable bonds is 7. The van der Waals surface area contributed by atoms with E-state index in [1.165, 1.54) is 11.3 Å². The van der Waals surface area contributed by atoms with E-state index in [1.54, 1.807) is 4.90 Å². The maximum absolute atomic E-state index is 12.5. The van der Waals surface area contributed by atoms with Crippen molar-refractivity contribution in [3.8, 4) is 0 Å². The van der Waals surface area contributed by atoms with Crippen LogP contribution in [-0.4, -0.2) is 85.9 Å². The second-order valence-electron chi connectivity index (χ2n) is 8.23. The lowest BCUT2D eigenvalue weighted by atomic mass is 9.96. The lowest BCUT2D eigenvalue weighted by Gasteiger charge is -2.31. The van der Waals surface area contributed by atoms with Gasteiger partial charge in [-0.15, -0.1) is 10.2 Å². The van der Waals surface area contributed by atoms with Crippen molar-refractivity contribution in [3.05, 3.63) is 0 Å². The Morgan fingerprint density at radius 3 is 2.60 bits per heavy atom. The second-order valence-corrected chi connectivity index (χ2v) is 9.16. The molecule has 10 heteroatoms. The highest BCUT2D eigenvalue weighted by Crippen LogP contribution is 2.31. The molecule has 0 aromatic carbocycles. The Bertz CT molecular complexity index is 715. The van der Waals surface area contributed by atoms with Crippen LogP contribution in [0.4, 0.5) is 10.3 Å². The monoisotopic (exact) mass is 436 g/mol. The second kappa shape index (κ2) is 10.5. The van der Waals surface area contributed by atoms with Crippen LogP contribution in [0.1, 0.15) is 38.5 Å². The summed E-state index contributed by atoms with van der Waals surface area (Å²) in [7, 11) is 0. The normalized spacial score (nSPS) is 21.8. The van der Waals surface area contributed by atoms with Gasteiger partial charge < -0.3 is 15.0 Å². The van der Waals surface area contributed by atoms with E-state index in [0.29, 0.717) is 11.6 Å². The number of anilines is 2. The molecule has 3 aliphatic rings. The van der Waals surface area contributed by atoms with Gasteiger partial charge in [0.25, 0.3) is 0 Å². The van der Waals surface area contributed by atoms with E-state index in [-0.39, 0.29) is 17.7 Å². The quantitative estimate of drug-likeness (QED) is 0.640. The molecule has 3 fully saturated rings. The Morgan fingerprint density at radius 2 is 1.83 bits per heavy atom. The minimum Gasteiger partial charge on any atom is -0.379 e. The van der Waals surface area contributed by atoms with Gasteiger partial charge >= 0.3 is 0 Å². The lowest BCUT2D eigenvalue weighted by molar-refractivity contribution is -0.125. The summed E-state index contributed by atoms with van der Waals surface area (Å²) in [5, 5.41) is 13.2. The number of amides is 2. The highest BCUT2D eigenvalue weighted by Gasteiger charge is 2.28. The SMILES string of the molecule is O=C(NCCCN1CCOCC1)C1CCN(c2nnc(N3CCCCC3=O)s2)CC1. The van der Waals surface area contributed by atoms with E-state index in [9.17, 15) is 9.59 Å². The predicted octanol–water partition coefficient (Wildman–Crippen LogP) is 1.11. The Morgan fingerprint density at radius 1 is 1.07 bits per heavy atom. The molecule has 166 valence electrons. The van der Waals surface area contributed by atoms with Crippen LogP contribution in [0.25, 0.3) is 0 Å². The number of hydrogen-bond acceptors (Lipinski definition) is 8. The first-order valence-corrected chi connectivity index (χ1v) is 12.0. The van der Waals surface area contributed by atoms with Crippen LogP contribution in [0.5, 0.6) is 0 Å². The highest BCUT2D eigenvalue weighted by atomic mass is 32.1. The molecule has 2 amide bonds. The molecule has 0 spiro atoms. The minimum absolute atomic E-state index is 0.0701. The van der Waals surface area contributed by atoms with Crippen molar-refractivity contribution < 1.29 is 14.3 Å². The van der Waals surface area contributed by atoms with E-state index < -0.39 is 0 Å². The van der Waals surface area contributed by atoms with E-state index in [1.807, 2.05) is 0 Å². The first-order chi connectivity index (χ1) is 14.7. The number of carbonyl (C=O) groups is 2. The molecule has 1 aromatic heterocycles. The number of ether oxygens (including phenoxy) is 1. The van der Waals surface area contributed by atoms with Crippen molar-refractivity contribution in [3.63, 3.8) is 0 Å². The van der Waals surface area contributed by atoms with Crippen molar-refractivity contribution in [2.75, 3.05) is 68.8 Å². The summed E-state index contributed by atoms with van der Waals surface area (Å²) in [5.41, 5.74) is 0. The van der Waals surface area contributed by atoms with E-state index in [4.69, 9.17) is 4.74 Å². The summed E-state index contributed by atoms with van der Waals surface area (Å²) in [6.45, 7) is 7.70. The zero-order valence-corrected chi connectivity index (χ0v) is 18.4. The van der Waals surface area contributed by atoms with Crippen LogP contribution in [0, 0.1) is 5.92 Å². The van der Waals surface area contributed by atoms with Crippen LogP contribution in [-0.2, 0) is 14.3 Å². The maximum Gasteiger partial charge on any atom is 0.228 e. The molecule has 3 aliphatic heterocycles. The van der Waals surface area contributed by atoms with Gasteiger partial charge in [-0.1, -0.05) is 11.3 Å². The van der Waals surface area contributed by atoms with E-state index in [2.05, 4.69) is 25.3 Å². The van der Waals surface area contributed by atoms with Gasteiger partial charge in [-0.25, -0.2) is 0 Å². The minimum atomic E-state index is 0.0701. The standard InChI is InChI=1S/C20H32N6O3S/c27-17-4-1-2-9-26(17)20-23-22-19(30-20)25-10-5-16(6-11-25)18(28)21-7-3-8-24-12-14-29-15-13-24/h16H,1-15H2,(H,21,28). The maximum atomic E-state index is 12.5. The summed E-state index contributed by atoms with van der Waals surface area (Å²) in [4.78, 5) is 30.9. The summed E-state index contributed by atoms with van der Waals surface area (Å²) in [6, 6.07) is 0. The van der Waals surface area contributed by atoms with Crippen molar-refractivity contribution in [1.29, 1.82) is 0 Å². The molecule has 0 radical (unpaired) electrons. The molecule has 0 bridgehead atoms. The first kappa shape index (κ1) is 21.5. The fourth-order valence-corrected chi connectivity index (χ4v) is 5.21. The van der Waals surface area contributed by atoms with Crippen molar-refractivity contribution in [2.24, 2.45) is 5.92 Å². The van der Waals surface area contributed by atoms with Gasteiger partial charge in [0, 0.05) is 51.6 Å². The number of hydrogen-bond donors (Lipinski definition) is 1. The Labute approximate surface area is 181 Å². The first-order valence-electron chi connectivity index (χ1n) is 11.2. The fraction of sp³-hybridized carbons (Fsp3) is 0.800. The van der Waals surface area contributed by atoms with E-state index in [0.717, 1.165) is 96.3 Å². The molecule has 0 unspecified atom stereocenters. The molecular formula is C20H32N6O3S.